The molecule has 0 aliphatic rings. The summed E-state index contributed by atoms with van der Waals surface area (Å²) >= 11 is 8.20. The highest BCUT2D eigenvalue weighted by molar-refractivity contribution is 7.12. The maximum Gasteiger partial charge on any atom is 0.268 e. The molecule has 1 N–H and O–H groups in total. The first-order chi connectivity index (χ1) is 19.1. The van der Waals surface area contributed by atoms with Gasteiger partial charge in [0, 0.05) is 10.7 Å². The Bertz CT molecular complexity index is 1120. The lowest BCUT2D eigenvalue weighted by atomic mass is 10.1. The van der Waals surface area contributed by atoms with Crippen molar-refractivity contribution in [1.29, 1.82) is 0 Å². The molecule has 0 aliphatic heterocycles. The van der Waals surface area contributed by atoms with Crippen LogP contribution >= 0.6 is 22.9 Å². The van der Waals surface area contributed by atoms with Gasteiger partial charge in [0.2, 0.25) is 5.91 Å². The Balaban J connectivity index is 0.00000560. The zero-order valence-corrected chi connectivity index (χ0v) is 26.6. The number of carbonyl (C=O) groups excluding carboxylic acids is 1. The van der Waals surface area contributed by atoms with Gasteiger partial charge in [-0.3, -0.25) is 4.79 Å². The molecule has 1 aromatic heterocycles. The van der Waals surface area contributed by atoms with Gasteiger partial charge in [0.15, 0.2) is 6.20 Å². The number of benzene rings is 2. The van der Waals surface area contributed by atoms with Crippen LogP contribution in [0.5, 0.6) is 5.75 Å². The Kier molecular flexibility index (Phi) is 17.0. The second-order valence-corrected chi connectivity index (χ2v) is 11.6. The van der Waals surface area contributed by atoms with Gasteiger partial charge in [-0.05, 0) is 55.3 Å². The van der Waals surface area contributed by atoms with Gasteiger partial charge in [0.05, 0.1) is 24.0 Å². The molecule has 3 aromatic rings. The van der Waals surface area contributed by atoms with Gasteiger partial charge in [-0.1, -0.05) is 107 Å². The lowest BCUT2D eigenvalue weighted by Gasteiger charge is -2.10. The summed E-state index contributed by atoms with van der Waals surface area (Å²) in [6, 6.07) is 13.6. The molecule has 7 heteroatoms. The van der Waals surface area contributed by atoms with Crippen LogP contribution in [0.3, 0.4) is 0 Å². The number of rotatable bonds is 19. The van der Waals surface area contributed by atoms with Crippen molar-refractivity contribution in [3.63, 3.8) is 0 Å². The monoisotopic (exact) mass is 604 g/mol. The SMILES string of the molecule is CCCCCCCCCCCCCCOc1ccc(CC(=O)Nc2ccc(-c3scc[n+]3CC)cc2)c(Cl)c1.[Cl-]. The third-order valence-electron chi connectivity index (χ3n) is 7.08. The van der Waals surface area contributed by atoms with E-state index in [-0.39, 0.29) is 24.7 Å². The van der Waals surface area contributed by atoms with Crippen LogP contribution in [0.15, 0.2) is 54.0 Å². The van der Waals surface area contributed by atoms with Crippen molar-refractivity contribution in [2.24, 2.45) is 0 Å². The number of hydrogen-bond donors (Lipinski definition) is 1. The molecule has 1 heterocycles. The maximum atomic E-state index is 12.6. The molecule has 0 saturated carbocycles. The van der Waals surface area contributed by atoms with E-state index in [4.69, 9.17) is 16.3 Å². The summed E-state index contributed by atoms with van der Waals surface area (Å²) in [4.78, 5) is 12.6. The summed E-state index contributed by atoms with van der Waals surface area (Å²) in [7, 11) is 0. The van der Waals surface area contributed by atoms with Gasteiger partial charge in [0.25, 0.3) is 5.01 Å². The van der Waals surface area contributed by atoms with E-state index < -0.39 is 0 Å². The fourth-order valence-corrected chi connectivity index (χ4v) is 5.93. The first-order valence-electron chi connectivity index (χ1n) is 14.9. The molecule has 0 saturated heterocycles. The largest absolute Gasteiger partial charge is 1.00 e. The summed E-state index contributed by atoms with van der Waals surface area (Å²) in [6.45, 7) is 6.04. The zero-order valence-electron chi connectivity index (χ0n) is 24.2. The van der Waals surface area contributed by atoms with Crippen LogP contribution in [-0.4, -0.2) is 12.5 Å². The Morgan fingerprint density at radius 2 is 1.50 bits per heavy atom. The minimum atomic E-state index is -0.0884. The predicted octanol–water partition coefficient (Wildman–Crippen LogP) is 6.64. The normalized spacial score (nSPS) is 10.8. The fraction of sp³-hybridized carbons (Fsp3) is 0.515. The number of nitrogens with zero attached hydrogens (tertiary/aromatic N) is 1. The van der Waals surface area contributed by atoms with E-state index in [9.17, 15) is 4.79 Å². The minimum absolute atomic E-state index is 0. The standard InChI is InChI=1S/C33H45ClN2O2S.ClH/c1-3-5-6-7-8-9-10-11-12-13-14-15-23-38-30-21-18-28(31(34)26-30)25-32(37)35-29-19-16-27(17-20-29)33-36(4-2)22-24-39-33;/h16-22,24,26H,3-15,23,25H2,1-2H3;1H. The number of nitrogens with one attached hydrogen (secondary N) is 1. The zero-order chi connectivity index (χ0) is 27.7. The number of unbranched alkanes of at least 4 members (excludes halogenated alkanes) is 11. The number of thiazole rings is 1. The molecule has 0 radical (unpaired) electrons. The Hall–Kier alpha value is -2.08. The van der Waals surface area contributed by atoms with E-state index in [0.717, 1.165) is 35.5 Å². The van der Waals surface area contributed by atoms with Crippen molar-refractivity contribution >= 4 is 34.5 Å². The second kappa shape index (κ2) is 19.9. The molecule has 0 bridgehead atoms. The molecule has 0 aliphatic carbocycles. The quantitative estimate of drug-likeness (QED) is 0.123. The summed E-state index contributed by atoms with van der Waals surface area (Å²) in [6.07, 6.45) is 18.3. The van der Waals surface area contributed by atoms with Crippen molar-refractivity contribution in [3.05, 3.63) is 64.6 Å². The number of hydrogen-bond acceptors (Lipinski definition) is 3. The third kappa shape index (κ3) is 12.2. The van der Waals surface area contributed by atoms with E-state index in [1.54, 1.807) is 11.3 Å². The molecule has 2 aromatic carbocycles. The van der Waals surface area contributed by atoms with E-state index in [1.165, 1.54) is 75.6 Å². The Morgan fingerprint density at radius 1 is 0.875 bits per heavy atom. The van der Waals surface area contributed by atoms with Gasteiger partial charge in [-0.15, -0.1) is 0 Å². The smallest absolute Gasteiger partial charge is 0.268 e. The van der Waals surface area contributed by atoms with E-state index in [2.05, 4.69) is 35.3 Å². The van der Waals surface area contributed by atoms with Crippen LogP contribution in [-0.2, 0) is 17.8 Å². The van der Waals surface area contributed by atoms with Crippen molar-refractivity contribution in [3.8, 4) is 16.3 Å². The highest BCUT2D eigenvalue weighted by Crippen LogP contribution is 2.25. The highest BCUT2D eigenvalue weighted by atomic mass is 35.5. The number of carbonyl (C=O) groups is 1. The van der Waals surface area contributed by atoms with Gasteiger partial charge in [-0.25, -0.2) is 0 Å². The molecule has 4 nitrogen and oxygen atoms in total. The Labute approximate surface area is 256 Å². The number of halogens is 2. The van der Waals surface area contributed by atoms with Gasteiger partial charge >= 0.3 is 0 Å². The fourth-order valence-electron chi connectivity index (χ4n) is 4.76. The molecular weight excluding hydrogens is 559 g/mol. The van der Waals surface area contributed by atoms with Crippen LogP contribution in [0.25, 0.3) is 10.6 Å². The summed E-state index contributed by atoms with van der Waals surface area (Å²) < 4.78 is 8.12. The van der Waals surface area contributed by atoms with Gasteiger partial charge in [-0.2, -0.15) is 4.57 Å². The maximum absolute atomic E-state index is 12.6. The van der Waals surface area contributed by atoms with Crippen molar-refractivity contribution in [1.82, 2.24) is 0 Å². The second-order valence-electron chi connectivity index (χ2n) is 10.3. The number of aryl methyl sites for hydroxylation is 1. The minimum Gasteiger partial charge on any atom is -1.00 e. The molecular formula is C33H46Cl2N2O2S. The lowest BCUT2D eigenvalue weighted by Crippen LogP contribution is -3.00. The average molecular weight is 606 g/mol. The number of aromatic nitrogens is 1. The van der Waals surface area contributed by atoms with Gasteiger partial charge < -0.3 is 22.5 Å². The van der Waals surface area contributed by atoms with Gasteiger partial charge in [0.1, 0.15) is 12.3 Å². The topological polar surface area (TPSA) is 42.2 Å². The van der Waals surface area contributed by atoms with Crippen LogP contribution in [0.4, 0.5) is 5.69 Å². The Morgan fingerprint density at radius 3 is 2.10 bits per heavy atom. The molecule has 0 unspecified atom stereocenters. The predicted molar refractivity (Wildman–Crippen MR) is 166 cm³/mol. The lowest BCUT2D eigenvalue weighted by molar-refractivity contribution is -0.678. The van der Waals surface area contributed by atoms with Crippen molar-refractivity contribution < 1.29 is 26.5 Å². The number of anilines is 1. The van der Waals surface area contributed by atoms with E-state index in [0.29, 0.717) is 11.6 Å². The van der Waals surface area contributed by atoms with Crippen LogP contribution in [0.2, 0.25) is 5.02 Å². The average Bonchev–Trinajstić information content (AvgIpc) is 3.42. The molecule has 0 spiro atoms. The van der Waals surface area contributed by atoms with E-state index in [1.807, 2.05) is 42.5 Å². The summed E-state index contributed by atoms with van der Waals surface area (Å²) in [5.41, 5.74) is 2.72. The molecule has 220 valence electrons. The molecule has 40 heavy (non-hydrogen) atoms. The molecule has 0 fully saturated rings. The summed E-state index contributed by atoms with van der Waals surface area (Å²) in [5.74, 6) is 0.676. The molecule has 0 atom stereocenters. The highest BCUT2D eigenvalue weighted by Gasteiger charge is 2.14. The number of ether oxygens (including phenoxy) is 1. The summed E-state index contributed by atoms with van der Waals surface area (Å²) in [5, 5.41) is 6.85. The first-order valence-corrected chi connectivity index (χ1v) is 16.1. The van der Waals surface area contributed by atoms with Crippen LogP contribution in [0.1, 0.15) is 96.5 Å². The van der Waals surface area contributed by atoms with Crippen LogP contribution < -0.4 is 27.0 Å². The third-order valence-corrected chi connectivity index (χ3v) is 8.38. The number of amides is 1. The van der Waals surface area contributed by atoms with Crippen molar-refractivity contribution in [2.75, 3.05) is 11.9 Å². The van der Waals surface area contributed by atoms with E-state index >= 15 is 0 Å². The molecule has 3 rings (SSSR count). The van der Waals surface area contributed by atoms with Crippen LogP contribution in [0, 0.1) is 0 Å². The first kappa shape index (κ1) is 34.1. The van der Waals surface area contributed by atoms with Crippen molar-refractivity contribution in [2.45, 2.75) is 104 Å². The molecule has 1 amide bonds.